The van der Waals surface area contributed by atoms with Crippen molar-refractivity contribution in [3.63, 3.8) is 0 Å². The van der Waals surface area contributed by atoms with Crippen molar-refractivity contribution in [2.75, 3.05) is 0 Å². The quantitative estimate of drug-likeness (QED) is 0.704. The molecule has 2 aromatic rings. The molecule has 0 aromatic heterocycles. The molecule has 2 heteroatoms. The Hall–Kier alpha value is -1.67. The molecule has 0 N–H and O–H groups in total. The van der Waals surface area contributed by atoms with Gasteiger partial charge in [-0.2, -0.15) is 0 Å². The normalized spacial score (nSPS) is 18.1. The maximum absolute atomic E-state index is 6.08. The van der Waals surface area contributed by atoms with Gasteiger partial charge >= 0.3 is 0 Å². The average Bonchev–Trinajstić information content (AvgIpc) is 2.39. The minimum Gasteiger partial charge on any atom is -0.485 e. The van der Waals surface area contributed by atoms with Crippen LogP contribution >= 0.6 is 12.2 Å². The van der Waals surface area contributed by atoms with E-state index in [4.69, 9.17) is 17.0 Å². The van der Waals surface area contributed by atoms with Gasteiger partial charge < -0.3 is 4.74 Å². The zero-order chi connectivity index (χ0) is 12.5. The topological polar surface area (TPSA) is 9.23 Å². The van der Waals surface area contributed by atoms with Crippen LogP contribution in [0.25, 0.3) is 0 Å². The molecule has 0 saturated carbocycles. The Labute approximate surface area is 112 Å². The van der Waals surface area contributed by atoms with Crippen molar-refractivity contribution in [2.45, 2.75) is 19.4 Å². The molecule has 1 heterocycles. The van der Waals surface area contributed by atoms with Crippen molar-refractivity contribution in [2.24, 2.45) is 0 Å². The second-order valence-corrected chi connectivity index (χ2v) is 5.14. The van der Waals surface area contributed by atoms with Gasteiger partial charge in [-0.3, -0.25) is 0 Å². The molecule has 1 atom stereocenters. The number of rotatable bonds is 1. The molecule has 2 aromatic carbocycles. The SMILES string of the molecule is Cc1ccc2c(c1)O[C@@H](c1ccccc1)CC2=S. The molecule has 18 heavy (non-hydrogen) atoms. The van der Waals surface area contributed by atoms with Crippen molar-refractivity contribution in [3.8, 4) is 5.75 Å². The van der Waals surface area contributed by atoms with E-state index in [0.29, 0.717) is 0 Å². The molecule has 3 rings (SSSR count). The molecule has 1 aliphatic rings. The summed E-state index contributed by atoms with van der Waals surface area (Å²) in [6, 6.07) is 16.5. The summed E-state index contributed by atoms with van der Waals surface area (Å²) in [4.78, 5) is 0.991. The lowest BCUT2D eigenvalue weighted by Gasteiger charge is -2.27. The number of hydrogen-bond donors (Lipinski definition) is 0. The highest BCUT2D eigenvalue weighted by atomic mass is 32.1. The number of fused-ring (bicyclic) bond motifs is 1. The number of benzene rings is 2. The van der Waals surface area contributed by atoms with E-state index in [9.17, 15) is 0 Å². The summed E-state index contributed by atoms with van der Waals surface area (Å²) in [7, 11) is 0. The third kappa shape index (κ3) is 2.04. The van der Waals surface area contributed by atoms with Gasteiger partial charge in [0, 0.05) is 16.8 Å². The predicted octanol–water partition coefficient (Wildman–Crippen LogP) is 4.24. The van der Waals surface area contributed by atoms with Gasteiger partial charge in [0.15, 0.2) is 0 Å². The summed E-state index contributed by atoms with van der Waals surface area (Å²) in [5.41, 5.74) is 3.46. The van der Waals surface area contributed by atoms with Gasteiger partial charge in [0.1, 0.15) is 11.9 Å². The predicted molar refractivity (Wildman–Crippen MR) is 77.3 cm³/mol. The molecule has 0 aliphatic carbocycles. The minimum atomic E-state index is 0.0491. The third-order valence-corrected chi connectivity index (χ3v) is 3.64. The van der Waals surface area contributed by atoms with Crippen molar-refractivity contribution in [3.05, 3.63) is 65.2 Å². The van der Waals surface area contributed by atoms with E-state index in [1.54, 1.807) is 0 Å². The van der Waals surface area contributed by atoms with Gasteiger partial charge in [0.25, 0.3) is 0 Å². The van der Waals surface area contributed by atoms with Crippen LogP contribution < -0.4 is 4.74 Å². The summed E-state index contributed by atoms with van der Waals surface area (Å²) in [6.07, 6.45) is 0.836. The highest BCUT2D eigenvalue weighted by molar-refractivity contribution is 7.80. The molecule has 1 aliphatic heterocycles. The van der Waals surface area contributed by atoms with Crippen LogP contribution in [0.5, 0.6) is 5.75 Å². The van der Waals surface area contributed by atoms with Gasteiger partial charge in [0.05, 0.1) is 0 Å². The summed E-state index contributed by atoms with van der Waals surface area (Å²) in [6.45, 7) is 2.07. The van der Waals surface area contributed by atoms with Gasteiger partial charge in [0.2, 0.25) is 0 Å². The first kappa shape index (κ1) is 11.4. The first-order chi connectivity index (χ1) is 8.74. The Morgan fingerprint density at radius 3 is 2.67 bits per heavy atom. The zero-order valence-corrected chi connectivity index (χ0v) is 11.0. The molecule has 0 amide bonds. The highest BCUT2D eigenvalue weighted by Gasteiger charge is 2.24. The van der Waals surface area contributed by atoms with Crippen molar-refractivity contribution in [1.29, 1.82) is 0 Å². The number of hydrogen-bond acceptors (Lipinski definition) is 2. The Morgan fingerprint density at radius 2 is 1.89 bits per heavy atom. The van der Waals surface area contributed by atoms with E-state index in [1.807, 2.05) is 18.2 Å². The molecule has 90 valence electrons. The van der Waals surface area contributed by atoms with E-state index in [0.717, 1.165) is 22.6 Å². The average molecular weight is 254 g/mol. The molecule has 0 fully saturated rings. The van der Waals surface area contributed by atoms with Crippen molar-refractivity contribution < 1.29 is 4.74 Å². The van der Waals surface area contributed by atoms with Crippen LogP contribution in [-0.4, -0.2) is 4.86 Å². The van der Waals surface area contributed by atoms with E-state index >= 15 is 0 Å². The molecule has 0 bridgehead atoms. The fourth-order valence-corrected chi connectivity index (χ4v) is 2.60. The summed E-state index contributed by atoms with van der Waals surface area (Å²) in [5, 5.41) is 0. The Morgan fingerprint density at radius 1 is 1.11 bits per heavy atom. The van der Waals surface area contributed by atoms with Crippen LogP contribution in [0, 0.1) is 6.92 Å². The van der Waals surface area contributed by atoms with E-state index in [2.05, 4.69) is 37.3 Å². The molecule has 0 saturated heterocycles. The van der Waals surface area contributed by atoms with Gasteiger partial charge in [-0.05, 0) is 30.2 Å². The van der Waals surface area contributed by atoms with Crippen LogP contribution in [0.4, 0.5) is 0 Å². The van der Waals surface area contributed by atoms with Crippen LogP contribution in [0.1, 0.15) is 29.2 Å². The van der Waals surface area contributed by atoms with Crippen LogP contribution in [0.3, 0.4) is 0 Å². The van der Waals surface area contributed by atoms with Crippen LogP contribution in [-0.2, 0) is 0 Å². The lowest BCUT2D eigenvalue weighted by atomic mass is 9.96. The summed E-state index contributed by atoms with van der Waals surface area (Å²) < 4.78 is 6.08. The van der Waals surface area contributed by atoms with Crippen LogP contribution in [0.2, 0.25) is 0 Å². The molecule has 0 unspecified atom stereocenters. The first-order valence-corrected chi connectivity index (χ1v) is 6.50. The second-order valence-electron chi connectivity index (χ2n) is 4.64. The molecular formula is C16H14OS. The monoisotopic (exact) mass is 254 g/mol. The number of thiocarbonyl (C=S) groups is 1. The molecule has 1 nitrogen and oxygen atoms in total. The largest absolute Gasteiger partial charge is 0.485 e. The Kier molecular flexibility index (Phi) is 2.88. The lowest BCUT2D eigenvalue weighted by Crippen LogP contribution is -2.19. The maximum Gasteiger partial charge on any atom is 0.129 e. The smallest absolute Gasteiger partial charge is 0.129 e. The maximum atomic E-state index is 6.08. The van der Waals surface area contributed by atoms with Gasteiger partial charge in [-0.15, -0.1) is 0 Å². The molecule has 0 radical (unpaired) electrons. The standard InChI is InChI=1S/C16H14OS/c1-11-7-8-13-15(9-11)17-14(10-16(13)18)12-5-3-2-4-6-12/h2-9,14H,10H2,1H3/t14-/m1/s1. The van der Waals surface area contributed by atoms with Gasteiger partial charge in [-0.1, -0.05) is 48.6 Å². The zero-order valence-electron chi connectivity index (χ0n) is 10.2. The minimum absolute atomic E-state index is 0.0491. The van der Waals surface area contributed by atoms with Crippen molar-refractivity contribution in [1.82, 2.24) is 0 Å². The summed E-state index contributed by atoms with van der Waals surface area (Å²) in [5.74, 6) is 0.917. The lowest BCUT2D eigenvalue weighted by molar-refractivity contribution is 0.207. The summed E-state index contributed by atoms with van der Waals surface area (Å²) >= 11 is 5.50. The van der Waals surface area contributed by atoms with Crippen molar-refractivity contribution >= 4 is 17.1 Å². The highest BCUT2D eigenvalue weighted by Crippen LogP contribution is 2.35. The first-order valence-electron chi connectivity index (χ1n) is 6.09. The second kappa shape index (κ2) is 4.54. The van der Waals surface area contributed by atoms with Crippen LogP contribution in [0.15, 0.2) is 48.5 Å². The number of ether oxygens (including phenoxy) is 1. The third-order valence-electron chi connectivity index (χ3n) is 3.25. The fraction of sp³-hybridized carbons (Fsp3) is 0.188. The van der Waals surface area contributed by atoms with Gasteiger partial charge in [-0.25, -0.2) is 0 Å². The van der Waals surface area contributed by atoms with E-state index in [-0.39, 0.29) is 6.10 Å². The van der Waals surface area contributed by atoms with E-state index < -0.39 is 0 Å². The fourth-order valence-electron chi connectivity index (χ4n) is 2.28. The van der Waals surface area contributed by atoms with E-state index in [1.165, 1.54) is 11.1 Å². The molecular weight excluding hydrogens is 240 g/mol. The Balaban J connectivity index is 1.98. The number of aryl methyl sites for hydroxylation is 1. The molecule has 0 spiro atoms. The Bertz CT molecular complexity index is 589.